The molecule has 0 radical (unpaired) electrons. The first-order valence-electron chi connectivity index (χ1n) is 13.2. The summed E-state index contributed by atoms with van der Waals surface area (Å²) >= 11 is 0. The largest absolute Gasteiger partial charge is 0.507 e. The van der Waals surface area contributed by atoms with Crippen molar-refractivity contribution in [3.8, 4) is 17.1 Å². The van der Waals surface area contributed by atoms with Crippen molar-refractivity contribution in [3.63, 3.8) is 0 Å². The van der Waals surface area contributed by atoms with E-state index in [9.17, 15) is 29.4 Å². The van der Waals surface area contributed by atoms with E-state index in [-0.39, 0.29) is 41.3 Å². The predicted octanol–water partition coefficient (Wildman–Crippen LogP) is 0.976. The number of aromatic nitrogens is 2. The summed E-state index contributed by atoms with van der Waals surface area (Å²) < 4.78 is 17.9. The van der Waals surface area contributed by atoms with Gasteiger partial charge in [0, 0.05) is 30.4 Å². The number of Topliss-reactive ketones (excluding diaryl/α,β-unsaturated/α-hetero) is 3. The molecule has 0 saturated heterocycles. The van der Waals surface area contributed by atoms with Crippen LogP contribution in [0.25, 0.3) is 11.4 Å². The number of benzene rings is 1. The van der Waals surface area contributed by atoms with E-state index in [1.165, 1.54) is 25.2 Å². The fraction of sp³-hybridized carbons (Fsp3) is 0.500. The highest BCUT2D eigenvalue weighted by molar-refractivity contribution is 6.33. The molecule has 3 aliphatic carbocycles. The van der Waals surface area contributed by atoms with Crippen LogP contribution in [-0.2, 0) is 27.3 Å². The van der Waals surface area contributed by atoms with Crippen LogP contribution in [0.4, 0.5) is 4.39 Å². The first-order chi connectivity index (χ1) is 18.7. The Bertz CT molecular complexity index is 1480. The van der Waals surface area contributed by atoms with Gasteiger partial charge in [-0.1, -0.05) is 13.8 Å². The summed E-state index contributed by atoms with van der Waals surface area (Å²) in [6.45, 7) is 4.53. The molecule has 5 rings (SSSR count). The highest BCUT2D eigenvalue weighted by Crippen LogP contribution is 2.51. The third-order valence-corrected chi connectivity index (χ3v) is 8.57. The Morgan fingerprint density at radius 3 is 2.60 bits per heavy atom. The van der Waals surface area contributed by atoms with E-state index in [0.717, 1.165) is 6.07 Å². The van der Waals surface area contributed by atoms with Crippen molar-refractivity contribution in [1.29, 1.82) is 5.41 Å². The number of likely N-dealkylation sites (N-methyl/N-ethyl adjacent to an activating group) is 1. The lowest BCUT2D eigenvalue weighted by molar-refractivity contribution is -0.157. The van der Waals surface area contributed by atoms with Crippen molar-refractivity contribution in [1.82, 2.24) is 14.5 Å². The lowest BCUT2D eigenvalue weighted by Gasteiger charge is -2.53. The van der Waals surface area contributed by atoms with Crippen molar-refractivity contribution < 1.29 is 33.8 Å². The fourth-order valence-electron chi connectivity index (χ4n) is 6.96. The van der Waals surface area contributed by atoms with Gasteiger partial charge in [-0.05, 0) is 44.8 Å². The Kier molecular flexibility index (Phi) is 6.54. The fourth-order valence-corrected chi connectivity index (χ4v) is 6.96. The molecule has 12 heteroatoms. The number of nitrogens with zero attached hydrogens (tertiary/aromatic N) is 3. The van der Waals surface area contributed by atoms with Gasteiger partial charge < -0.3 is 25.9 Å². The zero-order chi connectivity index (χ0) is 29.4. The Labute approximate surface area is 229 Å². The molecule has 2 fully saturated rings. The minimum Gasteiger partial charge on any atom is -0.507 e. The molecule has 1 aromatic heterocycles. The molecule has 2 saturated carbocycles. The minimum atomic E-state index is -2.60. The molecular weight excluding hydrogens is 521 g/mol. The zero-order valence-electron chi connectivity index (χ0n) is 22.6. The topological polar surface area (TPSA) is 180 Å². The van der Waals surface area contributed by atoms with Crippen LogP contribution in [-0.4, -0.2) is 79.4 Å². The van der Waals surface area contributed by atoms with Gasteiger partial charge in [-0.3, -0.25) is 24.1 Å². The number of phenolic OH excluding ortho intramolecular Hbond substituents is 1. The average Bonchev–Trinajstić information content (AvgIpc) is 3.30. The second-order valence-corrected chi connectivity index (χ2v) is 11.7. The van der Waals surface area contributed by atoms with Crippen LogP contribution in [0.5, 0.6) is 5.75 Å². The van der Waals surface area contributed by atoms with Crippen molar-refractivity contribution in [2.24, 2.45) is 35.3 Å². The quantitative estimate of drug-likeness (QED) is 0.396. The molecule has 6 atom stereocenters. The van der Waals surface area contributed by atoms with Gasteiger partial charge in [0.25, 0.3) is 0 Å². The number of aliphatic hydroxyl groups is 1. The average molecular weight is 554 g/mol. The van der Waals surface area contributed by atoms with Crippen LogP contribution in [0.3, 0.4) is 0 Å². The highest BCUT2D eigenvalue weighted by atomic mass is 19.1. The molecule has 5 N–H and O–H groups in total. The number of carbonyl (C=O) groups excluding carboxylic acids is 4. The molecule has 1 aromatic carbocycles. The van der Waals surface area contributed by atoms with Gasteiger partial charge in [0.1, 0.15) is 23.3 Å². The number of hydrogen-bond donors (Lipinski definition) is 4. The number of hydrogen-bond acceptors (Lipinski definition) is 9. The summed E-state index contributed by atoms with van der Waals surface area (Å²) in [5.41, 5.74) is 1.54. The number of carbonyl (C=O) groups is 4. The first kappa shape index (κ1) is 27.8. The van der Waals surface area contributed by atoms with E-state index in [1.54, 1.807) is 10.8 Å². The molecule has 11 nitrogen and oxygen atoms in total. The monoisotopic (exact) mass is 553 g/mol. The first-order valence-corrected chi connectivity index (χ1v) is 13.2. The smallest absolute Gasteiger partial charge is 0.233 e. The Hall–Kier alpha value is -3.77. The van der Waals surface area contributed by atoms with E-state index in [0.29, 0.717) is 6.54 Å². The van der Waals surface area contributed by atoms with Crippen molar-refractivity contribution in [2.45, 2.75) is 44.9 Å². The van der Waals surface area contributed by atoms with E-state index in [4.69, 9.17) is 11.1 Å². The minimum absolute atomic E-state index is 0.0110. The molecule has 212 valence electrons. The molecule has 0 spiro atoms. The number of nitrogens with one attached hydrogen (secondary N) is 1. The predicted molar refractivity (Wildman–Crippen MR) is 140 cm³/mol. The van der Waals surface area contributed by atoms with E-state index >= 15 is 4.39 Å². The number of imidazole rings is 1. The Balaban J connectivity index is 1.63. The maximum Gasteiger partial charge on any atom is 0.233 e. The van der Waals surface area contributed by atoms with Gasteiger partial charge in [0.05, 0.1) is 28.8 Å². The number of aromatic hydroxyl groups is 1. The van der Waals surface area contributed by atoms with Crippen LogP contribution in [0.1, 0.15) is 36.2 Å². The van der Waals surface area contributed by atoms with Crippen molar-refractivity contribution in [2.75, 3.05) is 14.1 Å². The van der Waals surface area contributed by atoms with Crippen LogP contribution < -0.4 is 5.73 Å². The SMILES string of the molecule is CC(C)Cn1ccnc1-c1cc(O)c2c(c1F)CC1CC3C(N(C)C)C(=O)C(C(N)=O)C(=N)C3(O)C(=O)C1C2=O. The number of phenols is 1. The third kappa shape index (κ3) is 3.76. The van der Waals surface area contributed by atoms with Crippen LogP contribution in [0.2, 0.25) is 0 Å². The Morgan fingerprint density at radius 1 is 1.32 bits per heavy atom. The van der Waals surface area contributed by atoms with Gasteiger partial charge in [-0.2, -0.15) is 0 Å². The summed E-state index contributed by atoms with van der Waals surface area (Å²) in [6, 6.07) is -0.0332. The number of amides is 1. The van der Waals surface area contributed by atoms with Gasteiger partial charge in [-0.15, -0.1) is 0 Å². The lowest BCUT2D eigenvalue weighted by atomic mass is 9.52. The maximum absolute atomic E-state index is 16.1. The highest BCUT2D eigenvalue weighted by Gasteiger charge is 2.67. The van der Waals surface area contributed by atoms with Gasteiger partial charge in [0.2, 0.25) is 5.91 Å². The molecule has 3 aliphatic rings. The van der Waals surface area contributed by atoms with Gasteiger partial charge >= 0.3 is 0 Å². The second kappa shape index (κ2) is 9.41. The number of halogens is 1. The van der Waals surface area contributed by atoms with E-state index in [2.05, 4.69) is 4.98 Å². The van der Waals surface area contributed by atoms with Gasteiger partial charge in [0.15, 0.2) is 23.0 Å². The van der Waals surface area contributed by atoms with Crippen LogP contribution >= 0.6 is 0 Å². The second-order valence-electron chi connectivity index (χ2n) is 11.7. The third-order valence-electron chi connectivity index (χ3n) is 8.57. The standard InChI is InChI=1S/C28H32FN5O6/c1-11(2)10-34-6-5-32-27(34)14-9-16(35)18-13(20(14)29)7-12-8-15-21(33(3)4)23(37)19(26(31)39)24(30)28(15,40)25(38)17(12)22(18)36/h5-6,9,11-12,15,17,19,21,30,35,40H,7-8,10H2,1-4H3,(H2,31,39). The summed E-state index contributed by atoms with van der Waals surface area (Å²) in [5.74, 6) is -9.87. The summed E-state index contributed by atoms with van der Waals surface area (Å²) in [4.78, 5) is 58.8. The molecular formula is C28H32FN5O6. The van der Waals surface area contributed by atoms with Crippen molar-refractivity contribution in [3.05, 3.63) is 35.4 Å². The molecule has 0 aliphatic heterocycles. The van der Waals surface area contributed by atoms with Gasteiger partial charge in [-0.25, -0.2) is 9.37 Å². The number of ketones is 3. The number of primary amides is 1. The van der Waals surface area contributed by atoms with E-state index < -0.39 is 75.8 Å². The summed E-state index contributed by atoms with van der Waals surface area (Å²) in [6.07, 6.45) is 3.02. The van der Waals surface area contributed by atoms with Crippen LogP contribution in [0.15, 0.2) is 18.5 Å². The summed E-state index contributed by atoms with van der Waals surface area (Å²) in [5, 5.41) is 31.2. The molecule has 1 heterocycles. The van der Waals surface area contributed by atoms with Crippen molar-refractivity contribution >= 4 is 29.0 Å². The summed E-state index contributed by atoms with van der Waals surface area (Å²) in [7, 11) is 3.08. The number of fused-ring (bicyclic) bond motifs is 3. The maximum atomic E-state index is 16.1. The Morgan fingerprint density at radius 2 is 2.00 bits per heavy atom. The number of nitrogens with two attached hydrogens (primary N) is 1. The normalized spacial score (nSPS) is 29.9. The lowest BCUT2D eigenvalue weighted by Crippen LogP contribution is -2.73. The molecule has 1 amide bonds. The molecule has 0 bridgehead atoms. The van der Waals surface area contributed by atoms with E-state index in [1.807, 2.05) is 13.8 Å². The molecule has 2 aromatic rings. The zero-order valence-corrected chi connectivity index (χ0v) is 22.6. The molecule has 6 unspecified atom stereocenters. The van der Waals surface area contributed by atoms with Crippen LogP contribution in [0, 0.1) is 40.8 Å². The molecule has 40 heavy (non-hydrogen) atoms. The number of rotatable bonds is 5.